The number of benzene rings is 1. The summed E-state index contributed by atoms with van der Waals surface area (Å²) in [6.45, 7) is 13.2. The molecule has 1 saturated carbocycles. The number of rotatable bonds is 7. The first-order valence-corrected chi connectivity index (χ1v) is 11.2. The van der Waals surface area contributed by atoms with E-state index in [0.29, 0.717) is 30.6 Å². The summed E-state index contributed by atoms with van der Waals surface area (Å²) in [5.74, 6) is 0.708. The van der Waals surface area contributed by atoms with Crippen molar-refractivity contribution in [1.29, 1.82) is 0 Å². The van der Waals surface area contributed by atoms with Crippen LogP contribution in [0.2, 0.25) is 5.02 Å². The third-order valence-corrected chi connectivity index (χ3v) is 6.38. The average molecular weight is 482 g/mol. The Morgan fingerprint density at radius 3 is 2.27 bits per heavy atom. The largest absolute Gasteiger partial charge is 0.389 e. The lowest BCUT2D eigenvalue weighted by molar-refractivity contribution is -0.0634. The van der Waals surface area contributed by atoms with Gasteiger partial charge in [0.15, 0.2) is 0 Å². The number of nitrogens with zero attached hydrogens (tertiary/aromatic N) is 2. The SMILES string of the molecule is CC1CC(OCC(O)CN2CCN(Cc3ccc(Cl)cc3)CC2)CC(C)(C)C1.Cl.Cl. The van der Waals surface area contributed by atoms with E-state index in [-0.39, 0.29) is 24.8 Å². The molecule has 2 fully saturated rings. The zero-order valence-corrected chi connectivity index (χ0v) is 20.9. The van der Waals surface area contributed by atoms with Gasteiger partial charge in [-0.2, -0.15) is 0 Å². The van der Waals surface area contributed by atoms with Crippen molar-refractivity contribution in [3.63, 3.8) is 0 Å². The van der Waals surface area contributed by atoms with E-state index in [1.54, 1.807) is 0 Å². The highest BCUT2D eigenvalue weighted by atomic mass is 35.5. The van der Waals surface area contributed by atoms with E-state index in [4.69, 9.17) is 16.3 Å². The summed E-state index contributed by atoms with van der Waals surface area (Å²) < 4.78 is 6.10. The van der Waals surface area contributed by atoms with Crippen LogP contribution < -0.4 is 0 Å². The first kappa shape index (κ1) is 28.0. The molecule has 1 aromatic carbocycles. The summed E-state index contributed by atoms with van der Waals surface area (Å²) in [7, 11) is 0. The summed E-state index contributed by atoms with van der Waals surface area (Å²) in [6, 6.07) is 8.11. The maximum absolute atomic E-state index is 10.5. The number of hydrogen-bond acceptors (Lipinski definition) is 4. The fraction of sp³-hybridized carbons (Fsp3) is 0.739. The van der Waals surface area contributed by atoms with Crippen LogP contribution in [0.4, 0.5) is 0 Å². The minimum atomic E-state index is -0.400. The molecule has 4 nitrogen and oxygen atoms in total. The van der Waals surface area contributed by atoms with Gasteiger partial charge in [0.2, 0.25) is 0 Å². The molecule has 1 saturated heterocycles. The molecule has 0 radical (unpaired) electrons. The normalized spacial score (nSPS) is 25.8. The molecule has 3 atom stereocenters. The Bertz CT molecular complexity index is 607. The first-order valence-electron chi connectivity index (χ1n) is 10.8. The van der Waals surface area contributed by atoms with Gasteiger partial charge in [0.05, 0.1) is 18.8 Å². The minimum absolute atomic E-state index is 0. The number of hydrogen-bond donors (Lipinski definition) is 1. The van der Waals surface area contributed by atoms with E-state index in [1.165, 1.54) is 12.0 Å². The fourth-order valence-corrected chi connectivity index (χ4v) is 5.09. The molecular formula is C23H39Cl3N2O2. The lowest BCUT2D eigenvalue weighted by Crippen LogP contribution is -2.48. The Kier molecular flexibility index (Phi) is 12.0. The molecule has 3 rings (SSSR count). The van der Waals surface area contributed by atoms with Gasteiger partial charge in [-0.05, 0) is 48.3 Å². The van der Waals surface area contributed by atoms with E-state index in [9.17, 15) is 5.11 Å². The Hall–Kier alpha value is -0.0700. The molecule has 0 amide bonds. The molecule has 30 heavy (non-hydrogen) atoms. The van der Waals surface area contributed by atoms with E-state index < -0.39 is 6.10 Å². The van der Waals surface area contributed by atoms with Crippen molar-refractivity contribution in [2.45, 2.75) is 58.8 Å². The molecule has 2 aliphatic rings. The number of halogens is 3. The molecule has 0 aromatic heterocycles. The standard InChI is InChI=1S/C23H37ClN2O2.2ClH/c1-18-12-22(14-23(2,3)13-18)28-17-21(27)16-26-10-8-25(9-11-26)15-19-4-6-20(24)7-5-19;;/h4-7,18,21-22,27H,8-17H2,1-3H3;2*1H. The molecule has 0 spiro atoms. The summed E-state index contributed by atoms with van der Waals surface area (Å²) in [6.07, 6.45) is 3.40. The highest BCUT2D eigenvalue weighted by Gasteiger charge is 2.32. The van der Waals surface area contributed by atoms with Crippen molar-refractivity contribution >= 4 is 36.4 Å². The van der Waals surface area contributed by atoms with Crippen molar-refractivity contribution in [1.82, 2.24) is 9.80 Å². The van der Waals surface area contributed by atoms with Crippen molar-refractivity contribution in [3.05, 3.63) is 34.9 Å². The van der Waals surface area contributed by atoms with E-state index in [2.05, 4.69) is 42.7 Å². The molecule has 1 aliphatic carbocycles. The topological polar surface area (TPSA) is 35.9 Å². The second-order valence-electron chi connectivity index (χ2n) is 9.73. The number of aliphatic hydroxyl groups excluding tert-OH is 1. The maximum Gasteiger partial charge on any atom is 0.0900 e. The van der Waals surface area contributed by atoms with Gasteiger partial charge in [0, 0.05) is 44.3 Å². The van der Waals surface area contributed by atoms with E-state index >= 15 is 0 Å². The van der Waals surface area contributed by atoms with Gasteiger partial charge in [0.25, 0.3) is 0 Å². The Balaban J connectivity index is 0.00000225. The van der Waals surface area contributed by atoms with E-state index in [0.717, 1.165) is 50.6 Å². The predicted molar refractivity (Wildman–Crippen MR) is 130 cm³/mol. The zero-order valence-electron chi connectivity index (χ0n) is 18.6. The van der Waals surface area contributed by atoms with E-state index in [1.807, 2.05) is 12.1 Å². The number of ether oxygens (including phenoxy) is 1. The van der Waals surface area contributed by atoms with Gasteiger partial charge in [-0.15, -0.1) is 24.8 Å². The quantitative estimate of drug-likeness (QED) is 0.601. The van der Waals surface area contributed by atoms with Gasteiger partial charge in [-0.3, -0.25) is 9.80 Å². The van der Waals surface area contributed by atoms with Crippen LogP contribution in [0, 0.1) is 11.3 Å². The number of β-amino-alcohol motifs (C(OH)–C–C–N with tert-alkyl or cyclic N) is 1. The molecule has 3 unspecified atom stereocenters. The van der Waals surface area contributed by atoms with Crippen molar-refractivity contribution < 1.29 is 9.84 Å². The van der Waals surface area contributed by atoms with Crippen LogP contribution in [0.5, 0.6) is 0 Å². The van der Waals surface area contributed by atoms with Crippen LogP contribution in [0.3, 0.4) is 0 Å². The molecule has 7 heteroatoms. The van der Waals surface area contributed by atoms with Crippen molar-refractivity contribution in [3.8, 4) is 0 Å². The lowest BCUT2D eigenvalue weighted by atomic mass is 9.71. The Morgan fingerprint density at radius 2 is 1.67 bits per heavy atom. The zero-order chi connectivity index (χ0) is 20.1. The molecule has 174 valence electrons. The maximum atomic E-state index is 10.5. The van der Waals surface area contributed by atoms with Gasteiger partial charge in [-0.1, -0.05) is 44.5 Å². The number of piperazine rings is 1. The van der Waals surface area contributed by atoms with Gasteiger partial charge in [0.1, 0.15) is 0 Å². The van der Waals surface area contributed by atoms with Crippen molar-refractivity contribution in [2.24, 2.45) is 11.3 Å². The second kappa shape index (κ2) is 12.8. The Morgan fingerprint density at radius 1 is 1.07 bits per heavy atom. The van der Waals surface area contributed by atoms with Crippen molar-refractivity contribution in [2.75, 3.05) is 39.3 Å². The monoisotopic (exact) mass is 480 g/mol. The number of aliphatic hydroxyl groups is 1. The van der Waals surface area contributed by atoms with Gasteiger partial charge >= 0.3 is 0 Å². The molecule has 1 heterocycles. The summed E-state index contributed by atoms with van der Waals surface area (Å²) in [4.78, 5) is 4.83. The van der Waals surface area contributed by atoms with Gasteiger partial charge in [-0.25, -0.2) is 0 Å². The highest BCUT2D eigenvalue weighted by molar-refractivity contribution is 6.30. The smallest absolute Gasteiger partial charge is 0.0900 e. The minimum Gasteiger partial charge on any atom is -0.389 e. The second-order valence-corrected chi connectivity index (χ2v) is 10.2. The summed E-state index contributed by atoms with van der Waals surface area (Å²) in [5, 5.41) is 11.3. The van der Waals surface area contributed by atoms with Crippen LogP contribution >= 0.6 is 36.4 Å². The Labute approximate surface area is 200 Å². The van der Waals surface area contributed by atoms with Crippen LogP contribution in [0.15, 0.2) is 24.3 Å². The van der Waals surface area contributed by atoms with Crippen LogP contribution in [0.1, 0.15) is 45.6 Å². The molecular weight excluding hydrogens is 443 g/mol. The summed E-state index contributed by atoms with van der Waals surface area (Å²) >= 11 is 5.96. The molecule has 1 aliphatic heterocycles. The summed E-state index contributed by atoms with van der Waals surface area (Å²) in [5.41, 5.74) is 1.66. The van der Waals surface area contributed by atoms with Crippen LogP contribution in [-0.4, -0.2) is 66.4 Å². The average Bonchev–Trinajstić information content (AvgIpc) is 2.62. The van der Waals surface area contributed by atoms with Crippen LogP contribution in [-0.2, 0) is 11.3 Å². The highest BCUT2D eigenvalue weighted by Crippen LogP contribution is 2.39. The first-order chi connectivity index (χ1) is 13.3. The van der Waals surface area contributed by atoms with Gasteiger partial charge < -0.3 is 9.84 Å². The third-order valence-electron chi connectivity index (χ3n) is 6.12. The third kappa shape index (κ3) is 9.20. The molecule has 0 bridgehead atoms. The predicted octanol–water partition coefficient (Wildman–Crippen LogP) is 4.89. The van der Waals surface area contributed by atoms with Crippen LogP contribution in [0.25, 0.3) is 0 Å². The lowest BCUT2D eigenvalue weighted by Gasteiger charge is -2.39. The fourth-order valence-electron chi connectivity index (χ4n) is 4.96. The molecule has 1 N–H and O–H groups in total. The molecule has 1 aromatic rings.